The van der Waals surface area contributed by atoms with Gasteiger partial charge in [0.05, 0.1) is 0 Å². The molecule has 140 valence electrons. The number of piperidine rings is 1. The van der Waals surface area contributed by atoms with Gasteiger partial charge in [0.25, 0.3) is 0 Å². The van der Waals surface area contributed by atoms with Gasteiger partial charge in [0.2, 0.25) is 0 Å². The Morgan fingerprint density at radius 3 is 2.07 bits per heavy atom. The van der Waals surface area contributed by atoms with Gasteiger partial charge in [-0.05, 0) is 36.5 Å². The summed E-state index contributed by atoms with van der Waals surface area (Å²) in [6, 6.07) is 19.6. The van der Waals surface area contributed by atoms with Crippen molar-refractivity contribution in [1.82, 2.24) is 4.90 Å². The molecule has 0 aliphatic carbocycles. The maximum Gasteiger partial charge on any atom is 0.410 e. The first kappa shape index (κ1) is 18.9. The maximum atomic E-state index is 12.6. The lowest BCUT2D eigenvalue weighted by molar-refractivity contribution is -0.126. The van der Waals surface area contributed by atoms with E-state index in [0.29, 0.717) is 32.4 Å². The van der Waals surface area contributed by atoms with Crippen molar-refractivity contribution >= 4 is 11.9 Å². The van der Waals surface area contributed by atoms with Crippen molar-refractivity contribution in [2.45, 2.75) is 25.9 Å². The number of amides is 1. The summed E-state index contributed by atoms with van der Waals surface area (Å²) >= 11 is 0. The zero-order valence-electron chi connectivity index (χ0n) is 15.5. The zero-order chi connectivity index (χ0) is 19.1. The monoisotopic (exact) mass is 363 g/mol. The molecule has 1 heterocycles. The van der Waals surface area contributed by atoms with Gasteiger partial charge >= 0.3 is 6.09 Å². The van der Waals surface area contributed by atoms with E-state index in [1.165, 1.54) is 6.08 Å². The van der Waals surface area contributed by atoms with Gasteiger partial charge in [0.15, 0.2) is 5.78 Å². The molecule has 1 aliphatic rings. The fourth-order valence-corrected chi connectivity index (χ4v) is 3.64. The number of carbonyl (C=O) groups excluding carboxylic acids is 2. The van der Waals surface area contributed by atoms with E-state index in [1.54, 1.807) is 4.90 Å². The molecule has 1 saturated heterocycles. The van der Waals surface area contributed by atoms with Crippen LogP contribution in [0.1, 0.15) is 24.0 Å². The molecule has 0 N–H and O–H groups in total. The highest BCUT2D eigenvalue weighted by atomic mass is 16.6. The summed E-state index contributed by atoms with van der Waals surface area (Å²) in [5, 5.41) is 0. The molecule has 4 nitrogen and oxygen atoms in total. The molecule has 0 saturated carbocycles. The van der Waals surface area contributed by atoms with Gasteiger partial charge in [0, 0.05) is 18.5 Å². The molecule has 27 heavy (non-hydrogen) atoms. The van der Waals surface area contributed by atoms with Crippen LogP contribution < -0.4 is 0 Å². The average molecular weight is 363 g/mol. The van der Waals surface area contributed by atoms with E-state index in [0.717, 1.165) is 11.1 Å². The predicted molar refractivity (Wildman–Crippen MR) is 105 cm³/mol. The van der Waals surface area contributed by atoms with E-state index >= 15 is 0 Å². The number of rotatable bonds is 6. The van der Waals surface area contributed by atoms with Crippen molar-refractivity contribution in [3.05, 3.63) is 84.4 Å². The number of benzene rings is 2. The number of allylic oxidation sites excluding steroid dienone is 1. The first-order valence-electron chi connectivity index (χ1n) is 9.29. The molecule has 0 unspecified atom stereocenters. The lowest BCUT2D eigenvalue weighted by Gasteiger charge is -2.40. The summed E-state index contributed by atoms with van der Waals surface area (Å²) in [7, 11) is 0. The highest BCUT2D eigenvalue weighted by Gasteiger charge is 2.41. The molecule has 1 fully saturated rings. The van der Waals surface area contributed by atoms with Gasteiger partial charge in [0.1, 0.15) is 6.61 Å². The number of hydrogen-bond acceptors (Lipinski definition) is 3. The molecular formula is C23H25NO3. The lowest BCUT2D eigenvalue weighted by Crippen LogP contribution is -2.47. The van der Waals surface area contributed by atoms with Crippen LogP contribution in [0, 0.1) is 5.41 Å². The fraction of sp³-hybridized carbons (Fsp3) is 0.304. The summed E-state index contributed by atoms with van der Waals surface area (Å²) in [5.41, 5.74) is 1.61. The summed E-state index contributed by atoms with van der Waals surface area (Å²) in [5.74, 6) is 0.0589. The molecule has 2 aromatic rings. The average Bonchev–Trinajstić information content (AvgIpc) is 2.73. The smallest absolute Gasteiger partial charge is 0.410 e. The molecule has 0 spiro atoms. The normalized spacial score (nSPS) is 15.8. The Balaban J connectivity index is 1.61. The molecule has 0 radical (unpaired) electrons. The highest BCUT2D eigenvalue weighted by molar-refractivity contribution is 5.94. The summed E-state index contributed by atoms with van der Waals surface area (Å²) < 4.78 is 5.42. The van der Waals surface area contributed by atoms with Crippen LogP contribution in [-0.2, 0) is 22.6 Å². The number of hydrogen-bond donors (Lipinski definition) is 0. The predicted octanol–water partition coefficient (Wildman–Crippen LogP) is 4.40. The van der Waals surface area contributed by atoms with E-state index in [9.17, 15) is 9.59 Å². The van der Waals surface area contributed by atoms with Crippen LogP contribution in [0.2, 0.25) is 0 Å². The molecular weight excluding hydrogens is 338 g/mol. The minimum absolute atomic E-state index is 0.0589. The number of carbonyl (C=O) groups is 2. The van der Waals surface area contributed by atoms with E-state index in [4.69, 9.17) is 4.74 Å². The largest absolute Gasteiger partial charge is 0.445 e. The second-order valence-corrected chi connectivity index (χ2v) is 7.04. The van der Waals surface area contributed by atoms with E-state index in [-0.39, 0.29) is 18.5 Å². The van der Waals surface area contributed by atoms with Gasteiger partial charge in [-0.25, -0.2) is 4.79 Å². The topological polar surface area (TPSA) is 46.6 Å². The quantitative estimate of drug-likeness (QED) is 0.715. The van der Waals surface area contributed by atoms with Crippen molar-refractivity contribution in [3.63, 3.8) is 0 Å². The molecule has 1 amide bonds. The van der Waals surface area contributed by atoms with Crippen LogP contribution in [0.3, 0.4) is 0 Å². The molecule has 0 aromatic heterocycles. The number of ether oxygens (including phenoxy) is 1. The Morgan fingerprint density at radius 2 is 1.52 bits per heavy atom. The minimum atomic E-state index is -0.487. The summed E-state index contributed by atoms with van der Waals surface area (Å²) in [4.78, 5) is 26.7. The number of likely N-dealkylation sites (tertiary alicyclic amines) is 1. The van der Waals surface area contributed by atoms with Crippen LogP contribution in [0.25, 0.3) is 0 Å². The third-order valence-electron chi connectivity index (χ3n) is 5.28. The first-order valence-corrected chi connectivity index (χ1v) is 9.29. The Kier molecular flexibility index (Phi) is 6.07. The second-order valence-electron chi connectivity index (χ2n) is 7.04. The van der Waals surface area contributed by atoms with Crippen molar-refractivity contribution in [2.75, 3.05) is 13.1 Å². The number of ketones is 1. The van der Waals surface area contributed by atoms with Crippen molar-refractivity contribution < 1.29 is 14.3 Å². The second kappa shape index (κ2) is 8.67. The van der Waals surface area contributed by atoms with Gasteiger partial charge in [-0.2, -0.15) is 0 Å². The van der Waals surface area contributed by atoms with Gasteiger partial charge in [-0.15, -0.1) is 0 Å². The van der Waals surface area contributed by atoms with Crippen molar-refractivity contribution in [2.24, 2.45) is 5.41 Å². The molecule has 0 atom stereocenters. The zero-order valence-corrected chi connectivity index (χ0v) is 15.5. The van der Waals surface area contributed by atoms with Crippen LogP contribution in [-0.4, -0.2) is 29.9 Å². The standard InChI is InChI=1S/C23H25NO3/c1-2-21(25)23(17-19-9-5-3-6-10-19)13-15-24(16-14-23)22(26)27-18-20-11-7-4-8-12-20/h2-12H,1,13-18H2. The SMILES string of the molecule is C=CC(=O)C1(Cc2ccccc2)CCN(C(=O)OCc2ccccc2)CC1. The Hall–Kier alpha value is -2.88. The maximum absolute atomic E-state index is 12.6. The van der Waals surface area contributed by atoms with Crippen molar-refractivity contribution in [3.8, 4) is 0 Å². The van der Waals surface area contributed by atoms with Gasteiger partial charge in [-0.1, -0.05) is 67.2 Å². The van der Waals surface area contributed by atoms with E-state index in [2.05, 4.69) is 6.58 Å². The summed E-state index contributed by atoms with van der Waals surface area (Å²) in [6.45, 7) is 4.97. The number of nitrogens with zero attached hydrogens (tertiary/aromatic N) is 1. The van der Waals surface area contributed by atoms with Crippen molar-refractivity contribution in [1.29, 1.82) is 0 Å². The van der Waals surface area contributed by atoms with Gasteiger partial charge in [-0.3, -0.25) is 4.79 Å². The molecule has 2 aromatic carbocycles. The lowest BCUT2D eigenvalue weighted by atomic mass is 9.70. The van der Waals surface area contributed by atoms with E-state index in [1.807, 2.05) is 60.7 Å². The third kappa shape index (κ3) is 4.64. The Bertz CT molecular complexity index is 778. The minimum Gasteiger partial charge on any atom is -0.445 e. The Morgan fingerprint density at radius 1 is 0.963 bits per heavy atom. The van der Waals surface area contributed by atoms with Crippen LogP contribution in [0.4, 0.5) is 4.79 Å². The van der Waals surface area contributed by atoms with Crippen LogP contribution >= 0.6 is 0 Å². The molecule has 3 rings (SSSR count). The first-order chi connectivity index (χ1) is 13.1. The summed E-state index contributed by atoms with van der Waals surface area (Å²) in [6.07, 6.45) is 3.01. The third-order valence-corrected chi connectivity index (χ3v) is 5.28. The molecule has 4 heteroatoms. The fourth-order valence-electron chi connectivity index (χ4n) is 3.64. The van der Waals surface area contributed by atoms with Gasteiger partial charge < -0.3 is 9.64 Å². The molecule has 0 bridgehead atoms. The van der Waals surface area contributed by atoms with Crippen LogP contribution in [0.5, 0.6) is 0 Å². The van der Waals surface area contributed by atoms with Crippen LogP contribution in [0.15, 0.2) is 73.3 Å². The highest BCUT2D eigenvalue weighted by Crippen LogP contribution is 2.36. The molecule has 1 aliphatic heterocycles. The Labute approximate surface area is 160 Å². The van der Waals surface area contributed by atoms with E-state index < -0.39 is 5.41 Å².